The predicted octanol–water partition coefficient (Wildman–Crippen LogP) is 4.20. The zero-order valence-corrected chi connectivity index (χ0v) is 19.4. The molecule has 2 aliphatic heterocycles. The van der Waals surface area contributed by atoms with E-state index in [1.807, 2.05) is 36.1 Å². The minimum Gasteiger partial charge on any atom is -0.410 e. The van der Waals surface area contributed by atoms with Crippen LogP contribution in [-0.4, -0.2) is 49.1 Å². The van der Waals surface area contributed by atoms with E-state index in [0.29, 0.717) is 18.1 Å². The molecule has 0 bridgehead atoms. The summed E-state index contributed by atoms with van der Waals surface area (Å²) < 4.78 is 18.4. The third-order valence-electron chi connectivity index (χ3n) is 6.68. The van der Waals surface area contributed by atoms with Gasteiger partial charge in [-0.1, -0.05) is 23.7 Å². The Balaban J connectivity index is 1.47. The van der Waals surface area contributed by atoms with Gasteiger partial charge in [0.2, 0.25) is 5.91 Å². The van der Waals surface area contributed by atoms with Gasteiger partial charge in [-0.25, -0.2) is 9.18 Å². The molecule has 176 valence electrons. The van der Waals surface area contributed by atoms with Crippen molar-refractivity contribution in [1.82, 2.24) is 15.5 Å². The zero-order valence-electron chi connectivity index (χ0n) is 18.6. The number of benzene rings is 2. The van der Waals surface area contributed by atoms with Gasteiger partial charge in [-0.05, 0) is 74.8 Å². The molecule has 6 nitrogen and oxygen atoms in total. The highest BCUT2D eigenvalue weighted by atomic mass is 35.5. The van der Waals surface area contributed by atoms with Gasteiger partial charge >= 0.3 is 6.09 Å². The molecular formula is C25H29ClFN3O3. The molecule has 3 atom stereocenters. The second-order valence-corrected chi connectivity index (χ2v) is 9.30. The first kappa shape index (κ1) is 23.5. The lowest BCUT2D eigenvalue weighted by Crippen LogP contribution is -2.43. The van der Waals surface area contributed by atoms with Crippen LogP contribution in [0, 0.1) is 17.7 Å². The smallest absolute Gasteiger partial charge is 0.410 e. The summed E-state index contributed by atoms with van der Waals surface area (Å²) in [6.45, 7) is 4.82. The molecule has 33 heavy (non-hydrogen) atoms. The maximum absolute atomic E-state index is 13.2. The summed E-state index contributed by atoms with van der Waals surface area (Å²) in [5, 5.41) is 6.87. The zero-order chi connectivity index (χ0) is 23.4. The Bertz CT molecular complexity index is 964. The lowest BCUT2D eigenvalue weighted by molar-refractivity contribution is -0.135. The van der Waals surface area contributed by atoms with Gasteiger partial charge in [0.25, 0.3) is 0 Å². The summed E-state index contributed by atoms with van der Waals surface area (Å²) in [5.74, 6) is 0.184. The van der Waals surface area contributed by atoms with Crippen molar-refractivity contribution in [1.29, 1.82) is 0 Å². The molecule has 8 heteroatoms. The Kier molecular flexibility index (Phi) is 7.50. The van der Waals surface area contributed by atoms with E-state index in [-0.39, 0.29) is 35.5 Å². The van der Waals surface area contributed by atoms with Crippen LogP contribution in [0.2, 0.25) is 5.02 Å². The standard InChI is InChI=1S/C25H29ClFN3O3/c1-16(29-25(32)33-21-8-6-20(27)7-9-21)22-14-30(24(31)18-10-12-28-13-11-18)15-23(22)17-2-4-19(26)5-3-17/h2-9,16,18,22-23,28H,10-15H2,1H3,(H,29,32)/t16?,22-,23-/m0/s1. The Labute approximate surface area is 198 Å². The first-order chi connectivity index (χ1) is 15.9. The molecule has 2 fully saturated rings. The predicted molar refractivity (Wildman–Crippen MR) is 125 cm³/mol. The number of piperidine rings is 1. The average molecular weight is 474 g/mol. The minimum absolute atomic E-state index is 0.0117. The molecule has 0 aliphatic carbocycles. The lowest BCUT2D eigenvalue weighted by Gasteiger charge is -2.27. The summed E-state index contributed by atoms with van der Waals surface area (Å²) >= 11 is 6.09. The molecule has 2 aliphatic rings. The van der Waals surface area contributed by atoms with Crippen LogP contribution in [0.25, 0.3) is 0 Å². The number of amides is 2. The normalized spacial score (nSPS) is 22.1. The topological polar surface area (TPSA) is 70.7 Å². The molecule has 0 saturated carbocycles. The molecule has 0 spiro atoms. The van der Waals surface area contributed by atoms with E-state index in [2.05, 4.69) is 10.6 Å². The highest BCUT2D eigenvalue weighted by Crippen LogP contribution is 2.36. The fraction of sp³-hybridized carbons (Fsp3) is 0.440. The van der Waals surface area contributed by atoms with Crippen molar-refractivity contribution in [2.24, 2.45) is 11.8 Å². The van der Waals surface area contributed by atoms with Crippen LogP contribution in [0.1, 0.15) is 31.2 Å². The van der Waals surface area contributed by atoms with E-state index in [1.54, 1.807) is 0 Å². The molecule has 2 saturated heterocycles. The number of hydrogen-bond donors (Lipinski definition) is 2. The molecular weight excluding hydrogens is 445 g/mol. The van der Waals surface area contributed by atoms with Gasteiger partial charge in [0.05, 0.1) is 0 Å². The van der Waals surface area contributed by atoms with Crippen LogP contribution in [0.15, 0.2) is 48.5 Å². The second-order valence-electron chi connectivity index (χ2n) is 8.87. The molecule has 4 rings (SSSR count). The third-order valence-corrected chi connectivity index (χ3v) is 6.93. The molecule has 2 heterocycles. The van der Waals surface area contributed by atoms with Crippen molar-refractivity contribution in [3.05, 3.63) is 64.9 Å². The Hall–Kier alpha value is -2.64. The number of ether oxygens (including phenoxy) is 1. The van der Waals surface area contributed by atoms with Crippen LogP contribution in [0.3, 0.4) is 0 Å². The van der Waals surface area contributed by atoms with E-state index in [4.69, 9.17) is 16.3 Å². The van der Waals surface area contributed by atoms with Crippen LogP contribution < -0.4 is 15.4 Å². The minimum atomic E-state index is -0.605. The highest BCUT2D eigenvalue weighted by Gasteiger charge is 2.41. The largest absolute Gasteiger partial charge is 0.412 e. The maximum atomic E-state index is 13.2. The highest BCUT2D eigenvalue weighted by molar-refractivity contribution is 6.30. The van der Waals surface area contributed by atoms with Gasteiger partial charge in [-0.3, -0.25) is 4.79 Å². The van der Waals surface area contributed by atoms with Crippen molar-refractivity contribution in [3.63, 3.8) is 0 Å². The number of carbonyl (C=O) groups excluding carboxylic acids is 2. The van der Waals surface area contributed by atoms with Crippen LogP contribution >= 0.6 is 11.6 Å². The molecule has 0 radical (unpaired) electrons. The number of likely N-dealkylation sites (tertiary alicyclic amines) is 1. The summed E-state index contributed by atoms with van der Waals surface area (Å²) in [7, 11) is 0. The summed E-state index contributed by atoms with van der Waals surface area (Å²) in [4.78, 5) is 27.7. The summed E-state index contributed by atoms with van der Waals surface area (Å²) in [6, 6.07) is 12.7. The Morgan fingerprint density at radius 1 is 1.09 bits per heavy atom. The molecule has 0 aromatic heterocycles. The number of halogens is 2. The third kappa shape index (κ3) is 5.84. The number of hydrogen-bond acceptors (Lipinski definition) is 4. The first-order valence-electron chi connectivity index (χ1n) is 11.4. The lowest BCUT2D eigenvalue weighted by atomic mass is 9.84. The van der Waals surface area contributed by atoms with Gasteiger partial charge in [0, 0.05) is 41.9 Å². The van der Waals surface area contributed by atoms with E-state index < -0.39 is 11.9 Å². The van der Waals surface area contributed by atoms with E-state index in [1.165, 1.54) is 24.3 Å². The molecule has 2 aromatic rings. The van der Waals surface area contributed by atoms with E-state index >= 15 is 0 Å². The molecule has 2 aromatic carbocycles. The number of carbonyl (C=O) groups is 2. The van der Waals surface area contributed by atoms with Gasteiger partial charge in [0.15, 0.2) is 0 Å². The number of rotatable bonds is 5. The fourth-order valence-corrected chi connectivity index (χ4v) is 4.96. The number of nitrogens with one attached hydrogen (secondary N) is 2. The van der Waals surface area contributed by atoms with Crippen LogP contribution in [0.5, 0.6) is 5.75 Å². The van der Waals surface area contributed by atoms with Crippen molar-refractivity contribution in [3.8, 4) is 5.75 Å². The van der Waals surface area contributed by atoms with E-state index in [0.717, 1.165) is 31.5 Å². The van der Waals surface area contributed by atoms with Gasteiger partial charge in [0.1, 0.15) is 11.6 Å². The van der Waals surface area contributed by atoms with Gasteiger partial charge in [-0.15, -0.1) is 0 Å². The molecule has 2 N–H and O–H groups in total. The Morgan fingerprint density at radius 2 is 1.76 bits per heavy atom. The van der Waals surface area contributed by atoms with Gasteiger partial charge in [-0.2, -0.15) is 0 Å². The van der Waals surface area contributed by atoms with Crippen molar-refractivity contribution in [2.45, 2.75) is 31.7 Å². The van der Waals surface area contributed by atoms with Gasteiger partial charge < -0.3 is 20.3 Å². The van der Waals surface area contributed by atoms with Crippen LogP contribution in [0.4, 0.5) is 9.18 Å². The van der Waals surface area contributed by atoms with Crippen molar-refractivity contribution < 1.29 is 18.7 Å². The fourth-order valence-electron chi connectivity index (χ4n) is 4.84. The quantitative estimate of drug-likeness (QED) is 0.683. The van der Waals surface area contributed by atoms with E-state index in [9.17, 15) is 14.0 Å². The molecule has 2 amide bonds. The summed E-state index contributed by atoms with van der Waals surface area (Å²) in [5.41, 5.74) is 1.09. The second kappa shape index (κ2) is 10.5. The van der Waals surface area contributed by atoms with Crippen molar-refractivity contribution in [2.75, 3.05) is 26.2 Å². The SMILES string of the molecule is CC(NC(=O)Oc1ccc(F)cc1)[C@@H]1CN(C(=O)C2CCNCC2)C[C@H]1c1ccc(Cl)cc1. The average Bonchev–Trinajstić information content (AvgIpc) is 3.27. The number of nitrogens with zero attached hydrogens (tertiary/aromatic N) is 1. The monoisotopic (exact) mass is 473 g/mol. The van der Waals surface area contributed by atoms with Crippen LogP contribution in [-0.2, 0) is 4.79 Å². The van der Waals surface area contributed by atoms with Crippen molar-refractivity contribution >= 4 is 23.6 Å². The first-order valence-corrected chi connectivity index (χ1v) is 11.8. The summed E-state index contributed by atoms with van der Waals surface area (Å²) in [6.07, 6.45) is 1.10. The maximum Gasteiger partial charge on any atom is 0.412 e. The Morgan fingerprint density at radius 3 is 2.42 bits per heavy atom. The molecule has 1 unspecified atom stereocenters.